The molecule has 1 aromatic rings. The number of hydrogen-bond acceptors (Lipinski definition) is 7. The molecule has 0 radical (unpaired) electrons. The second-order valence-corrected chi connectivity index (χ2v) is 14.6. The zero-order valence-corrected chi connectivity index (χ0v) is 23.9. The summed E-state index contributed by atoms with van der Waals surface area (Å²) >= 11 is 6.49. The number of likely N-dealkylation sites (tertiary alicyclic amines) is 1. The quantitative estimate of drug-likeness (QED) is 0.503. The van der Waals surface area contributed by atoms with Crippen LogP contribution in [-0.4, -0.2) is 91.8 Å². The standard InChI is InChI=1S/C27H31ClF3N5O4S/c28-20-13-18(35-11-9-34(10-12-35)17-1-2-17)3-4-22(20)41(39,40)19-14-21(23(37)33-25(16-32)5-6-25)36(15-19)24(38)26(7-8-26)27(29,30)31/h3-4,13,17,19,21H,1-2,5-12,14-15H2,(H,33,37)/t19-,21+/m1/s1. The Kier molecular flexibility index (Phi) is 6.78. The van der Waals surface area contributed by atoms with E-state index < -0.39 is 75.9 Å². The summed E-state index contributed by atoms with van der Waals surface area (Å²) in [5.41, 5.74) is -2.97. The first-order chi connectivity index (χ1) is 19.3. The van der Waals surface area contributed by atoms with Crippen molar-refractivity contribution in [3.05, 3.63) is 23.2 Å². The van der Waals surface area contributed by atoms with Gasteiger partial charge in [-0.1, -0.05) is 11.6 Å². The Hall–Kier alpha value is -2.56. The van der Waals surface area contributed by atoms with Crippen LogP contribution in [-0.2, 0) is 19.4 Å². The fourth-order valence-corrected chi connectivity index (χ4v) is 8.34. The van der Waals surface area contributed by atoms with E-state index in [1.54, 1.807) is 12.1 Å². The molecule has 14 heteroatoms. The van der Waals surface area contributed by atoms with E-state index in [0.717, 1.165) is 36.8 Å². The summed E-state index contributed by atoms with van der Waals surface area (Å²) in [6, 6.07) is 5.83. The molecule has 3 saturated carbocycles. The van der Waals surface area contributed by atoms with Gasteiger partial charge in [-0.3, -0.25) is 14.5 Å². The molecule has 2 heterocycles. The van der Waals surface area contributed by atoms with Gasteiger partial charge in [-0.2, -0.15) is 18.4 Å². The van der Waals surface area contributed by atoms with Crippen LogP contribution in [0.2, 0.25) is 5.02 Å². The van der Waals surface area contributed by atoms with Gasteiger partial charge in [0.25, 0.3) is 0 Å². The van der Waals surface area contributed by atoms with Crippen LogP contribution in [0.3, 0.4) is 0 Å². The lowest BCUT2D eigenvalue weighted by atomic mass is 10.0. The molecule has 3 aliphatic carbocycles. The Balaban J connectivity index is 1.23. The van der Waals surface area contributed by atoms with Crippen molar-refractivity contribution in [2.75, 3.05) is 37.6 Å². The third kappa shape index (κ3) is 5.06. The number of anilines is 1. The van der Waals surface area contributed by atoms with E-state index in [0.29, 0.717) is 18.9 Å². The molecule has 2 atom stereocenters. The highest BCUT2D eigenvalue weighted by molar-refractivity contribution is 7.92. The maximum Gasteiger partial charge on any atom is 0.403 e. The minimum atomic E-state index is -4.82. The number of nitriles is 1. The summed E-state index contributed by atoms with van der Waals surface area (Å²) in [6.45, 7) is 2.80. The summed E-state index contributed by atoms with van der Waals surface area (Å²) in [4.78, 5) is 31.6. The van der Waals surface area contributed by atoms with Gasteiger partial charge in [-0.15, -0.1) is 0 Å². The Morgan fingerprint density at radius 2 is 1.73 bits per heavy atom. The predicted molar refractivity (Wildman–Crippen MR) is 143 cm³/mol. The van der Waals surface area contributed by atoms with Crippen LogP contribution in [0.25, 0.3) is 0 Å². The second-order valence-electron chi connectivity index (χ2n) is 12.0. The molecule has 1 N–H and O–H groups in total. The van der Waals surface area contributed by atoms with E-state index in [4.69, 9.17) is 11.6 Å². The van der Waals surface area contributed by atoms with Crippen LogP contribution < -0.4 is 10.2 Å². The van der Waals surface area contributed by atoms with Gasteiger partial charge >= 0.3 is 6.18 Å². The average Bonchev–Trinajstić information content (AvgIpc) is 3.81. The molecular formula is C27H31ClF3N5O4S. The molecule has 0 unspecified atom stereocenters. The van der Waals surface area contributed by atoms with Gasteiger partial charge in [0.2, 0.25) is 11.8 Å². The highest BCUT2D eigenvalue weighted by Gasteiger charge is 2.70. The first-order valence-corrected chi connectivity index (χ1v) is 15.9. The number of alkyl halides is 3. The van der Waals surface area contributed by atoms with E-state index in [9.17, 15) is 36.4 Å². The minimum Gasteiger partial charge on any atom is -0.369 e. The average molecular weight is 614 g/mol. The first kappa shape index (κ1) is 28.6. The third-order valence-electron chi connectivity index (χ3n) is 9.26. The van der Waals surface area contributed by atoms with Gasteiger partial charge in [0.1, 0.15) is 17.0 Å². The van der Waals surface area contributed by atoms with E-state index in [-0.39, 0.29) is 9.92 Å². The molecule has 2 amide bonds. The van der Waals surface area contributed by atoms with Gasteiger partial charge in [-0.25, -0.2) is 8.42 Å². The predicted octanol–water partition coefficient (Wildman–Crippen LogP) is 2.88. The highest BCUT2D eigenvalue weighted by atomic mass is 35.5. The third-order valence-corrected chi connectivity index (χ3v) is 11.9. The summed E-state index contributed by atoms with van der Waals surface area (Å²) in [6.07, 6.45) is -2.84. The molecule has 6 rings (SSSR count). The highest BCUT2D eigenvalue weighted by Crippen LogP contribution is 2.59. The van der Waals surface area contributed by atoms with Crippen LogP contribution in [0.15, 0.2) is 23.1 Å². The lowest BCUT2D eigenvalue weighted by Gasteiger charge is -2.36. The molecule has 2 saturated heterocycles. The summed E-state index contributed by atoms with van der Waals surface area (Å²) in [7, 11) is -4.23. The Labute approximate surface area is 241 Å². The van der Waals surface area contributed by atoms with Crippen molar-refractivity contribution in [3.8, 4) is 6.07 Å². The number of piperazine rings is 1. The number of sulfone groups is 1. The first-order valence-electron chi connectivity index (χ1n) is 13.9. The van der Waals surface area contributed by atoms with Crippen molar-refractivity contribution in [2.45, 2.75) is 78.9 Å². The monoisotopic (exact) mass is 613 g/mol. The molecule has 0 aromatic heterocycles. The normalized spacial score (nSPS) is 27.3. The maximum atomic E-state index is 13.8. The molecular weight excluding hydrogens is 583 g/mol. The molecule has 2 aliphatic heterocycles. The van der Waals surface area contributed by atoms with Crippen molar-refractivity contribution < 1.29 is 31.2 Å². The van der Waals surface area contributed by atoms with Crippen LogP contribution in [0, 0.1) is 16.7 Å². The topological polar surface area (TPSA) is 114 Å². The van der Waals surface area contributed by atoms with Crippen LogP contribution >= 0.6 is 11.6 Å². The lowest BCUT2D eigenvalue weighted by molar-refractivity contribution is -0.199. The molecule has 5 aliphatic rings. The van der Waals surface area contributed by atoms with E-state index in [1.807, 2.05) is 6.07 Å². The Morgan fingerprint density at radius 3 is 2.24 bits per heavy atom. The molecule has 0 spiro atoms. The van der Waals surface area contributed by atoms with Crippen molar-refractivity contribution in [1.29, 1.82) is 5.26 Å². The minimum absolute atomic E-state index is 0.0201. The zero-order valence-electron chi connectivity index (χ0n) is 22.3. The van der Waals surface area contributed by atoms with E-state index in [2.05, 4.69) is 15.1 Å². The Bertz CT molecular complexity index is 1410. The lowest BCUT2D eigenvalue weighted by Crippen LogP contribution is -2.53. The van der Waals surface area contributed by atoms with Crippen molar-refractivity contribution in [1.82, 2.24) is 15.1 Å². The molecule has 222 valence electrons. The van der Waals surface area contributed by atoms with Crippen LogP contribution in [0.4, 0.5) is 18.9 Å². The number of amides is 2. The van der Waals surface area contributed by atoms with Gasteiger partial charge < -0.3 is 15.1 Å². The number of benzene rings is 1. The number of hydrogen-bond donors (Lipinski definition) is 1. The molecule has 5 fully saturated rings. The summed E-state index contributed by atoms with van der Waals surface area (Å²) < 4.78 is 69.0. The molecule has 1 aromatic carbocycles. The number of nitrogens with one attached hydrogen (secondary N) is 1. The molecule has 0 bridgehead atoms. The number of rotatable bonds is 7. The molecule has 9 nitrogen and oxygen atoms in total. The van der Waals surface area contributed by atoms with Crippen LogP contribution in [0.5, 0.6) is 0 Å². The smallest absolute Gasteiger partial charge is 0.369 e. The van der Waals surface area contributed by atoms with Gasteiger partial charge in [0.15, 0.2) is 9.84 Å². The van der Waals surface area contributed by atoms with Crippen molar-refractivity contribution in [3.63, 3.8) is 0 Å². The summed E-state index contributed by atoms with van der Waals surface area (Å²) in [5.74, 6) is -2.11. The van der Waals surface area contributed by atoms with Crippen LogP contribution in [0.1, 0.15) is 44.9 Å². The van der Waals surface area contributed by atoms with Crippen molar-refractivity contribution in [2.24, 2.45) is 5.41 Å². The number of carbonyl (C=O) groups is 2. The SMILES string of the molecule is N#CC1(NC(=O)[C@@H]2C[C@@H](S(=O)(=O)c3ccc(N4CCN(C5CC5)CC4)cc3Cl)CN2C(=O)C2(C(F)(F)F)CC2)CC1. The largest absolute Gasteiger partial charge is 0.403 e. The maximum absolute atomic E-state index is 13.8. The Morgan fingerprint density at radius 1 is 1.07 bits per heavy atom. The zero-order chi connectivity index (χ0) is 29.4. The van der Waals surface area contributed by atoms with E-state index in [1.165, 1.54) is 18.9 Å². The number of halogens is 4. The fourth-order valence-electron chi connectivity index (χ4n) is 6.10. The van der Waals surface area contributed by atoms with E-state index >= 15 is 0 Å². The fraction of sp³-hybridized carbons (Fsp3) is 0.667. The number of nitrogens with zero attached hydrogens (tertiary/aromatic N) is 4. The van der Waals surface area contributed by atoms with Gasteiger partial charge in [-0.05, 0) is 63.1 Å². The van der Waals surface area contributed by atoms with Gasteiger partial charge in [0.05, 0.1) is 21.2 Å². The molecule has 41 heavy (non-hydrogen) atoms. The van der Waals surface area contributed by atoms with Gasteiger partial charge in [0, 0.05) is 44.5 Å². The van der Waals surface area contributed by atoms with Crippen molar-refractivity contribution >= 4 is 38.9 Å². The summed E-state index contributed by atoms with van der Waals surface area (Å²) in [5, 5.41) is 10.5. The number of carbonyl (C=O) groups excluding carboxylic acids is 2. The second kappa shape index (κ2) is 9.74.